The lowest BCUT2D eigenvalue weighted by atomic mass is 9.96. The highest BCUT2D eigenvalue weighted by molar-refractivity contribution is 5.97. The van der Waals surface area contributed by atoms with E-state index in [0.29, 0.717) is 13.3 Å². The second kappa shape index (κ2) is 4.37. The van der Waals surface area contributed by atoms with Crippen LogP contribution >= 0.6 is 0 Å². The quantitative estimate of drug-likeness (QED) is 0.795. The molecule has 0 bridgehead atoms. The van der Waals surface area contributed by atoms with Gasteiger partial charge >= 0.3 is 0 Å². The van der Waals surface area contributed by atoms with E-state index in [-0.39, 0.29) is 12.1 Å². The fourth-order valence-corrected chi connectivity index (χ4v) is 2.63. The van der Waals surface area contributed by atoms with E-state index in [1.165, 1.54) is 0 Å². The lowest BCUT2D eigenvalue weighted by molar-refractivity contribution is 0.0261. The van der Waals surface area contributed by atoms with E-state index in [2.05, 4.69) is 4.90 Å². The first kappa shape index (κ1) is 11.1. The van der Waals surface area contributed by atoms with Gasteiger partial charge in [0, 0.05) is 24.7 Å². The van der Waals surface area contributed by atoms with Crippen molar-refractivity contribution < 1.29 is 9.53 Å². The molecule has 94 valence electrons. The van der Waals surface area contributed by atoms with E-state index < -0.39 is 0 Å². The number of likely N-dealkylation sites (N-methyl/N-ethyl adjacent to an activating group) is 1. The summed E-state index contributed by atoms with van der Waals surface area (Å²) in [5, 5.41) is 0. The minimum atomic E-state index is 0.0659. The average Bonchev–Trinajstić information content (AvgIpc) is 2.92. The van der Waals surface area contributed by atoms with Gasteiger partial charge < -0.3 is 14.5 Å². The van der Waals surface area contributed by atoms with Crippen LogP contribution in [-0.2, 0) is 11.2 Å². The molecule has 4 heteroatoms. The Labute approximate surface area is 106 Å². The standard InChI is InChI=1S/C14H16N2O2/c1-2-16-13(15-7-8-18-10-15)9-11-5-3-4-6-12(11)14(16)17/h3-8,13H,2,9-10H2,1H3. The van der Waals surface area contributed by atoms with Crippen molar-refractivity contribution in [2.75, 3.05) is 13.3 Å². The van der Waals surface area contributed by atoms with Crippen LogP contribution in [0.5, 0.6) is 0 Å². The lowest BCUT2D eigenvalue weighted by Crippen LogP contribution is -2.52. The maximum atomic E-state index is 12.4. The van der Waals surface area contributed by atoms with E-state index in [1.54, 1.807) is 6.26 Å². The Morgan fingerprint density at radius 3 is 2.94 bits per heavy atom. The van der Waals surface area contributed by atoms with Gasteiger partial charge in [0.15, 0.2) is 6.73 Å². The van der Waals surface area contributed by atoms with Crippen LogP contribution in [0.4, 0.5) is 0 Å². The number of hydrogen-bond donors (Lipinski definition) is 0. The molecule has 1 amide bonds. The van der Waals surface area contributed by atoms with Crippen molar-refractivity contribution in [1.29, 1.82) is 0 Å². The largest absolute Gasteiger partial charge is 0.479 e. The smallest absolute Gasteiger partial charge is 0.255 e. The molecule has 1 aromatic rings. The van der Waals surface area contributed by atoms with E-state index >= 15 is 0 Å². The highest BCUT2D eigenvalue weighted by atomic mass is 16.5. The third-order valence-electron chi connectivity index (χ3n) is 3.57. The molecule has 18 heavy (non-hydrogen) atoms. The fourth-order valence-electron chi connectivity index (χ4n) is 2.63. The summed E-state index contributed by atoms with van der Waals surface area (Å²) in [5.74, 6) is 0.115. The second-order valence-corrected chi connectivity index (χ2v) is 4.53. The zero-order valence-electron chi connectivity index (χ0n) is 10.4. The molecular formula is C14H16N2O2. The molecule has 0 aliphatic carbocycles. The van der Waals surface area contributed by atoms with Crippen molar-refractivity contribution in [3.8, 4) is 0 Å². The Balaban J connectivity index is 1.97. The number of fused-ring (bicyclic) bond motifs is 1. The fraction of sp³-hybridized carbons (Fsp3) is 0.357. The van der Waals surface area contributed by atoms with Gasteiger partial charge in [0.2, 0.25) is 0 Å². The highest BCUT2D eigenvalue weighted by Gasteiger charge is 2.34. The van der Waals surface area contributed by atoms with Crippen LogP contribution in [0.3, 0.4) is 0 Å². The van der Waals surface area contributed by atoms with Crippen LogP contribution in [0, 0.1) is 0 Å². The number of rotatable bonds is 2. The van der Waals surface area contributed by atoms with E-state index in [1.807, 2.05) is 42.3 Å². The Bertz CT molecular complexity index is 498. The predicted octanol–water partition coefficient (Wildman–Crippen LogP) is 1.79. The number of benzene rings is 1. The van der Waals surface area contributed by atoms with Gasteiger partial charge in [-0.05, 0) is 18.6 Å². The van der Waals surface area contributed by atoms with Gasteiger partial charge in [-0.2, -0.15) is 0 Å². The van der Waals surface area contributed by atoms with Crippen molar-refractivity contribution in [1.82, 2.24) is 9.80 Å². The summed E-state index contributed by atoms with van der Waals surface area (Å²) in [6.07, 6.45) is 4.51. The van der Waals surface area contributed by atoms with Crippen molar-refractivity contribution in [3.05, 3.63) is 47.9 Å². The monoisotopic (exact) mass is 244 g/mol. The molecule has 0 saturated carbocycles. The van der Waals surface area contributed by atoms with E-state index in [0.717, 1.165) is 17.5 Å². The van der Waals surface area contributed by atoms with Crippen molar-refractivity contribution >= 4 is 5.91 Å². The number of hydrogen-bond acceptors (Lipinski definition) is 3. The van der Waals surface area contributed by atoms with Crippen molar-refractivity contribution in [2.24, 2.45) is 0 Å². The van der Waals surface area contributed by atoms with Gasteiger partial charge in [0.1, 0.15) is 12.4 Å². The minimum Gasteiger partial charge on any atom is -0.479 e. The van der Waals surface area contributed by atoms with Crippen LogP contribution in [0.1, 0.15) is 22.8 Å². The summed E-state index contributed by atoms with van der Waals surface area (Å²) in [6.45, 7) is 3.25. The van der Waals surface area contributed by atoms with Crippen molar-refractivity contribution in [2.45, 2.75) is 19.5 Å². The lowest BCUT2D eigenvalue weighted by Gasteiger charge is -2.40. The molecule has 0 spiro atoms. The van der Waals surface area contributed by atoms with Crippen LogP contribution in [0.2, 0.25) is 0 Å². The minimum absolute atomic E-state index is 0.0659. The number of nitrogens with zero attached hydrogens (tertiary/aromatic N) is 2. The third-order valence-corrected chi connectivity index (χ3v) is 3.57. The molecule has 1 atom stereocenters. The zero-order chi connectivity index (χ0) is 12.5. The van der Waals surface area contributed by atoms with Crippen LogP contribution in [0.25, 0.3) is 0 Å². The van der Waals surface area contributed by atoms with E-state index in [4.69, 9.17) is 4.74 Å². The Kier molecular flexibility index (Phi) is 2.70. The molecular weight excluding hydrogens is 228 g/mol. The molecule has 1 aromatic carbocycles. The summed E-state index contributed by atoms with van der Waals surface area (Å²) in [5.41, 5.74) is 1.96. The molecule has 0 radical (unpaired) electrons. The Hall–Kier alpha value is -1.97. The normalized spacial score (nSPS) is 22.1. The summed E-state index contributed by atoms with van der Waals surface area (Å²) in [7, 11) is 0. The number of amides is 1. The average molecular weight is 244 g/mol. The Morgan fingerprint density at radius 1 is 1.39 bits per heavy atom. The molecule has 2 aliphatic rings. The molecule has 2 aliphatic heterocycles. The van der Waals surface area contributed by atoms with Crippen LogP contribution < -0.4 is 0 Å². The molecule has 0 saturated heterocycles. The molecule has 1 unspecified atom stereocenters. The highest BCUT2D eigenvalue weighted by Crippen LogP contribution is 2.26. The first-order valence-electron chi connectivity index (χ1n) is 6.24. The predicted molar refractivity (Wildman–Crippen MR) is 67.6 cm³/mol. The van der Waals surface area contributed by atoms with Crippen molar-refractivity contribution in [3.63, 3.8) is 0 Å². The summed E-state index contributed by atoms with van der Waals surface area (Å²) in [4.78, 5) is 16.4. The first-order chi connectivity index (χ1) is 8.81. The third kappa shape index (κ3) is 1.65. The van der Waals surface area contributed by atoms with Gasteiger partial charge in [0.05, 0.1) is 0 Å². The van der Waals surface area contributed by atoms with Gasteiger partial charge in [-0.1, -0.05) is 18.2 Å². The molecule has 2 heterocycles. The number of ether oxygens (including phenoxy) is 1. The SMILES string of the molecule is CCN1C(=O)c2ccccc2CC1N1C=COC1. The van der Waals surface area contributed by atoms with Crippen LogP contribution in [-0.4, -0.2) is 35.1 Å². The summed E-state index contributed by atoms with van der Waals surface area (Å²) in [6, 6.07) is 7.85. The Morgan fingerprint density at radius 2 is 2.22 bits per heavy atom. The molecule has 3 rings (SSSR count). The number of carbonyl (C=O) groups is 1. The molecule has 0 N–H and O–H groups in total. The molecule has 4 nitrogen and oxygen atoms in total. The number of carbonyl (C=O) groups excluding carboxylic acids is 1. The van der Waals surface area contributed by atoms with E-state index in [9.17, 15) is 4.79 Å². The maximum Gasteiger partial charge on any atom is 0.255 e. The van der Waals surface area contributed by atoms with Gasteiger partial charge in [-0.15, -0.1) is 0 Å². The van der Waals surface area contributed by atoms with Gasteiger partial charge in [-0.25, -0.2) is 0 Å². The van der Waals surface area contributed by atoms with Gasteiger partial charge in [-0.3, -0.25) is 4.79 Å². The van der Waals surface area contributed by atoms with Crippen LogP contribution in [0.15, 0.2) is 36.7 Å². The second-order valence-electron chi connectivity index (χ2n) is 4.53. The molecule has 0 aromatic heterocycles. The van der Waals surface area contributed by atoms with Gasteiger partial charge in [0.25, 0.3) is 5.91 Å². The first-order valence-corrected chi connectivity index (χ1v) is 6.24. The zero-order valence-corrected chi connectivity index (χ0v) is 10.4. The summed E-state index contributed by atoms with van der Waals surface area (Å²) >= 11 is 0. The maximum absolute atomic E-state index is 12.4. The topological polar surface area (TPSA) is 32.8 Å². The summed E-state index contributed by atoms with van der Waals surface area (Å²) < 4.78 is 5.23. The molecule has 0 fully saturated rings.